The van der Waals surface area contributed by atoms with Crippen molar-refractivity contribution in [3.8, 4) is 0 Å². The Hall–Kier alpha value is -5.62. The van der Waals surface area contributed by atoms with Crippen LogP contribution in [-0.4, -0.2) is 9.80 Å². The molecule has 2 aliphatic rings. The molecule has 2 saturated heterocycles. The van der Waals surface area contributed by atoms with Gasteiger partial charge in [-0.25, -0.2) is 0 Å². The van der Waals surface area contributed by atoms with E-state index in [0.717, 1.165) is 13.1 Å². The maximum Gasteiger partial charge on any atom is 0.0875 e. The Bertz CT molecular complexity index is 2200. The molecule has 0 saturated carbocycles. The van der Waals surface area contributed by atoms with E-state index in [2.05, 4.69) is 241 Å². The van der Waals surface area contributed by atoms with Crippen molar-refractivity contribution >= 4 is 0 Å². The number of benzene rings is 7. The summed E-state index contributed by atoms with van der Waals surface area (Å²) in [5, 5.41) is 8.50. The van der Waals surface area contributed by atoms with E-state index in [0.29, 0.717) is 0 Å². The molecule has 0 spiro atoms. The molecule has 4 heteroatoms. The molecule has 290 valence electrons. The van der Waals surface area contributed by atoms with Crippen molar-refractivity contribution in [2.24, 2.45) is 0 Å². The van der Waals surface area contributed by atoms with Crippen LogP contribution in [0.1, 0.15) is 107 Å². The van der Waals surface area contributed by atoms with E-state index in [1.54, 1.807) is 0 Å². The quantitative estimate of drug-likeness (QED) is 0.145. The molecule has 0 radical (unpaired) electrons. The van der Waals surface area contributed by atoms with Crippen molar-refractivity contribution in [3.05, 3.63) is 250 Å². The fourth-order valence-electron chi connectivity index (χ4n) is 9.33. The summed E-state index contributed by atoms with van der Waals surface area (Å²) in [6.07, 6.45) is -0.0917. The molecule has 7 aromatic rings. The minimum Gasteiger partial charge on any atom is -0.289 e. The van der Waals surface area contributed by atoms with Crippen LogP contribution in [0.2, 0.25) is 0 Å². The van der Waals surface area contributed by atoms with Crippen LogP contribution >= 0.6 is 0 Å². The van der Waals surface area contributed by atoms with Gasteiger partial charge in [-0.15, -0.1) is 0 Å². The van der Waals surface area contributed by atoms with Crippen molar-refractivity contribution in [1.82, 2.24) is 20.4 Å². The second-order valence-electron chi connectivity index (χ2n) is 17.1. The normalized spacial score (nSPS) is 22.6. The maximum atomic E-state index is 4.25. The van der Waals surface area contributed by atoms with Gasteiger partial charge >= 0.3 is 0 Å². The molecule has 0 aromatic heterocycles. The van der Waals surface area contributed by atoms with E-state index < -0.39 is 0 Å². The monoisotopic (exact) mass is 758 g/mol. The zero-order valence-electron chi connectivity index (χ0n) is 33.8. The first-order valence-electron chi connectivity index (χ1n) is 20.9. The molecule has 0 unspecified atom stereocenters. The van der Waals surface area contributed by atoms with E-state index in [1.807, 2.05) is 0 Å². The molecule has 2 heterocycles. The number of hydrogen-bond acceptors (Lipinski definition) is 4. The van der Waals surface area contributed by atoms with Crippen molar-refractivity contribution in [3.63, 3.8) is 0 Å². The highest BCUT2D eigenvalue weighted by Gasteiger charge is 2.46. The largest absolute Gasteiger partial charge is 0.289 e. The minimum atomic E-state index is -0.0776. The first kappa shape index (κ1) is 37.9. The van der Waals surface area contributed by atoms with Crippen molar-refractivity contribution in [1.29, 1.82) is 0 Å². The van der Waals surface area contributed by atoms with Crippen molar-refractivity contribution < 1.29 is 0 Å². The lowest BCUT2D eigenvalue weighted by Crippen LogP contribution is -2.31. The first-order valence-corrected chi connectivity index (χ1v) is 20.9. The van der Waals surface area contributed by atoms with E-state index >= 15 is 0 Å². The summed E-state index contributed by atoms with van der Waals surface area (Å²) in [6, 6.07) is 74.1. The van der Waals surface area contributed by atoms with Crippen LogP contribution in [0.25, 0.3) is 0 Å². The molecule has 2 fully saturated rings. The third kappa shape index (κ3) is 7.94. The molecule has 0 bridgehead atoms. The van der Waals surface area contributed by atoms with Crippen LogP contribution in [-0.2, 0) is 18.5 Å². The van der Waals surface area contributed by atoms with Gasteiger partial charge in [0.25, 0.3) is 0 Å². The van der Waals surface area contributed by atoms with Gasteiger partial charge < -0.3 is 0 Å². The molecular weight excluding hydrogens is 705 g/mol. The molecule has 2 aliphatic heterocycles. The first-order chi connectivity index (χ1) is 28.4. The zero-order chi connectivity index (χ0) is 39.5. The highest BCUT2D eigenvalue weighted by molar-refractivity contribution is 5.42. The van der Waals surface area contributed by atoms with Crippen LogP contribution < -0.4 is 10.6 Å². The highest BCUT2D eigenvalue weighted by atomic mass is 15.4. The molecular formula is C54H54N4. The van der Waals surface area contributed by atoms with Crippen LogP contribution in [0.3, 0.4) is 0 Å². The molecule has 58 heavy (non-hydrogen) atoms. The van der Waals surface area contributed by atoms with Gasteiger partial charge in [-0.1, -0.05) is 215 Å². The predicted octanol–water partition coefficient (Wildman–Crippen LogP) is 12.2. The Labute approximate surface area is 345 Å². The lowest BCUT2D eigenvalue weighted by molar-refractivity contribution is 0.171. The van der Waals surface area contributed by atoms with Crippen molar-refractivity contribution in [2.45, 2.75) is 75.8 Å². The SMILES string of the molecule is CC(C)(C)c1cc([C@H]2N[C@H](c3ccccc3)[C@@H](c3ccccc3)N2Cc2ccccc2)cc([C@H]2N[C@H](c3ccccc3)[C@@H](c3ccccc3)N2Cc2ccccc2)c1. The van der Waals surface area contributed by atoms with Gasteiger partial charge in [0.05, 0.1) is 36.5 Å². The molecule has 7 aromatic carbocycles. The third-order valence-electron chi connectivity index (χ3n) is 12.2. The fraction of sp³-hybridized carbons (Fsp3) is 0.222. The van der Waals surface area contributed by atoms with Crippen LogP contribution in [0.5, 0.6) is 0 Å². The van der Waals surface area contributed by atoms with Gasteiger partial charge in [0, 0.05) is 13.1 Å². The second kappa shape index (κ2) is 16.7. The number of nitrogens with zero attached hydrogens (tertiary/aromatic N) is 2. The second-order valence-corrected chi connectivity index (χ2v) is 17.1. The van der Waals surface area contributed by atoms with Gasteiger partial charge in [-0.2, -0.15) is 0 Å². The third-order valence-corrected chi connectivity index (χ3v) is 12.2. The maximum absolute atomic E-state index is 4.25. The summed E-state index contributed by atoms with van der Waals surface area (Å²) < 4.78 is 0. The Morgan fingerprint density at radius 3 is 1.02 bits per heavy atom. The summed E-state index contributed by atoms with van der Waals surface area (Å²) >= 11 is 0. The smallest absolute Gasteiger partial charge is 0.0875 e. The van der Waals surface area contributed by atoms with Gasteiger partial charge in [-0.3, -0.25) is 20.4 Å². The van der Waals surface area contributed by atoms with Gasteiger partial charge in [0.15, 0.2) is 0 Å². The summed E-state index contributed by atoms with van der Waals surface area (Å²) in [4.78, 5) is 5.41. The summed E-state index contributed by atoms with van der Waals surface area (Å²) in [5.41, 5.74) is 11.7. The van der Waals surface area contributed by atoms with Gasteiger partial charge in [0.2, 0.25) is 0 Å². The average molecular weight is 759 g/mol. The minimum absolute atomic E-state index is 0.0458. The fourth-order valence-corrected chi connectivity index (χ4v) is 9.33. The van der Waals surface area contributed by atoms with E-state index in [1.165, 1.54) is 50.1 Å². The molecule has 9 rings (SSSR count). The topological polar surface area (TPSA) is 30.5 Å². The number of nitrogens with one attached hydrogen (secondary N) is 2. The number of hydrogen-bond donors (Lipinski definition) is 2. The molecule has 0 amide bonds. The Kier molecular flexibility index (Phi) is 10.9. The highest BCUT2D eigenvalue weighted by Crippen LogP contribution is 2.50. The summed E-state index contributed by atoms with van der Waals surface area (Å²) in [5.74, 6) is 0. The van der Waals surface area contributed by atoms with E-state index in [-0.39, 0.29) is 41.9 Å². The standard InChI is InChI=1S/C54H54N4/c1-54(2,3)47-35-45(52-55-48(41-26-14-6-15-27-41)50(43-30-18-8-19-31-43)57(52)37-39-22-10-4-11-23-39)34-46(36-47)53-56-49(42-28-16-7-17-29-42)51(44-32-20-9-21-33-44)58(53)38-40-24-12-5-13-25-40/h4-36,48-53,55-56H,37-38H2,1-3H3/t48-,49-,50-,51-,52+,53+/m1/s1. The summed E-state index contributed by atoms with van der Waals surface area (Å²) in [7, 11) is 0. The average Bonchev–Trinajstić information content (AvgIpc) is 3.84. The van der Waals surface area contributed by atoms with E-state index in [9.17, 15) is 0 Å². The molecule has 6 atom stereocenters. The molecule has 2 N–H and O–H groups in total. The van der Waals surface area contributed by atoms with Crippen LogP contribution in [0.4, 0.5) is 0 Å². The van der Waals surface area contributed by atoms with E-state index in [4.69, 9.17) is 0 Å². The predicted molar refractivity (Wildman–Crippen MR) is 238 cm³/mol. The van der Waals surface area contributed by atoms with Crippen molar-refractivity contribution in [2.75, 3.05) is 0 Å². The Morgan fingerprint density at radius 2 is 0.690 bits per heavy atom. The molecule has 0 aliphatic carbocycles. The van der Waals surface area contributed by atoms with Gasteiger partial charge in [0.1, 0.15) is 0 Å². The Balaban J connectivity index is 1.21. The lowest BCUT2D eigenvalue weighted by atomic mass is 9.84. The summed E-state index contributed by atoms with van der Waals surface area (Å²) in [6.45, 7) is 8.67. The van der Waals surface area contributed by atoms with Crippen LogP contribution in [0, 0.1) is 0 Å². The van der Waals surface area contributed by atoms with Crippen LogP contribution in [0.15, 0.2) is 200 Å². The zero-order valence-corrected chi connectivity index (χ0v) is 33.8. The molecule has 4 nitrogen and oxygen atoms in total. The Morgan fingerprint density at radius 1 is 0.379 bits per heavy atom. The van der Waals surface area contributed by atoms with Gasteiger partial charge in [-0.05, 0) is 61.6 Å². The lowest BCUT2D eigenvalue weighted by Gasteiger charge is -2.34. The number of rotatable bonds is 10.